The molecule has 0 bridgehead atoms. The third-order valence-corrected chi connectivity index (χ3v) is 4.79. The normalized spacial score (nSPS) is 19.2. The van der Waals surface area contributed by atoms with Gasteiger partial charge < -0.3 is 5.73 Å². The minimum absolute atomic E-state index is 0.247. The second-order valence-electron chi connectivity index (χ2n) is 4.07. The number of nitrogens with zero attached hydrogens (tertiary/aromatic N) is 1. The lowest BCUT2D eigenvalue weighted by atomic mass is 10.1. The Kier molecular flexibility index (Phi) is 5.18. The van der Waals surface area contributed by atoms with Crippen LogP contribution in [0.25, 0.3) is 0 Å². The molecule has 1 aromatic carbocycles. The van der Waals surface area contributed by atoms with Crippen molar-refractivity contribution in [3.8, 4) is 0 Å². The fourth-order valence-corrected chi connectivity index (χ4v) is 3.86. The Hall–Kier alpha value is 0.260. The van der Waals surface area contributed by atoms with Crippen LogP contribution in [0, 0.1) is 0 Å². The highest BCUT2D eigenvalue weighted by molar-refractivity contribution is 9.10. The van der Waals surface area contributed by atoms with Crippen LogP contribution in [0.4, 0.5) is 0 Å². The van der Waals surface area contributed by atoms with Gasteiger partial charge in [0.05, 0.1) is 0 Å². The topological polar surface area (TPSA) is 29.3 Å². The van der Waals surface area contributed by atoms with E-state index in [9.17, 15) is 0 Å². The van der Waals surface area contributed by atoms with E-state index in [2.05, 4.69) is 26.9 Å². The Balaban J connectivity index is 2.21. The SMILES string of the molecule is NCC(c1ccc(Br)cc1Cl)N1CCSCC1. The van der Waals surface area contributed by atoms with Crippen LogP contribution in [-0.4, -0.2) is 36.0 Å². The van der Waals surface area contributed by atoms with Crippen LogP contribution in [0.15, 0.2) is 22.7 Å². The van der Waals surface area contributed by atoms with Crippen LogP contribution >= 0.6 is 39.3 Å². The fourth-order valence-electron chi connectivity index (χ4n) is 2.13. The molecule has 1 fully saturated rings. The van der Waals surface area contributed by atoms with Gasteiger partial charge in [0, 0.05) is 46.7 Å². The van der Waals surface area contributed by atoms with E-state index in [1.807, 2.05) is 23.9 Å². The lowest BCUT2D eigenvalue weighted by molar-refractivity contribution is 0.223. The maximum absolute atomic E-state index is 6.30. The van der Waals surface area contributed by atoms with Crippen LogP contribution < -0.4 is 5.73 Å². The number of hydrogen-bond acceptors (Lipinski definition) is 3. The molecule has 0 radical (unpaired) electrons. The van der Waals surface area contributed by atoms with Crippen molar-refractivity contribution in [1.82, 2.24) is 4.90 Å². The molecule has 0 spiro atoms. The molecule has 2 N–H and O–H groups in total. The molecule has 1 unspecified atom stereocenters. The third-order valence-electron chi connectivity index (χ3n) is 3.03. The predicted octanol–water partition coefficient (Wildman–Crippen LogP) is 3.15. The van der Waals surface area contributed by atoms with Crippen molar-refractivity contribution in [2.45, 2.75) is 6.04 Å². The van der Waals surface area contributed by atoms with Gasteiger partial charge in [-0.15, -0.1) is 0 Å². The minimum Gasteiger partial charge on any atom is -0.329 e. The van der Waals surface area contributed by atoms with Crippen molar-refractivity contribution < 1.29 is 0 Å². The second-order valence-corrected chi connectivity index (χ2v) is 6.61. The monoisotopic (exact) mass is 334 g/mol. The molecule has 0 amide bonds. The van der Waals surface area contributed by atoms with Crippen LogP contribution in [0.1, 0.15) is 11.6 Å². The van der Waals surface area contributed by atoms with Crippen LogP contribution in [-0.2, 0) is 0 Å². The minimum atomic E-state index is 0.247. The van der Waals surface area contributed by atoms with Gasteiger partial charge in [-0.2, -0.15) is 11.8 Å². The Morgan fingerprint density at radius 1 is 1.41 bits per heavy atom. The molecule has 1 heterocycles. The maximum atomic E-state index is 6.30. The quantitative estimate of drug-likeness (QED) is 0.920. The number of rotatable bonds is 3. The van der Waals surface area contributed by atoms with E-state index in [1.165, 1.54) is 11.5 Å². The van der Waals surface area contributed by atoms with Gasteiger partial charge in [0.15, 0.2) is 0 Å². The van der Waals surface area contributed by atoms with Gasteiger partial charge in [0.25, 0.3) is 0 Å². The van der Waals surface area contributed by atoms with Crippen molar-refractivity contribution in [1.29, 1.82) is 0 Å². The number of halogens is 2. The molecule has 1 aliphatic heterocycles. The van der Waals surface area contributed by atoms with Crippen molar-refractivity contribution in [2.75, 3.05) is 31.1 Å². The van der Waals surface area contributed by atoms with E-state index in [0.717, 1.165) is 28.1 Å². The first kappa shape index (κ1) is 13.7. The Labute approximate surface area is 120 Å². The zero-order valence-electron chi connectivity index (χ0n) is 9.53. The van der Waals surface area contributed by atoms with E-state index >= 15 is 0 Å². The summed E-state index contributed by atoms with van der Waals surface area (Å²) >= 11 is 11.7. The number of nitrogens with two attached hydrogens (primary N) is 1. The second kappa shape index (κ2) is 6.43. The summed E-state index contributed by atoms with van der Waals surface area (Å²) in [4.78, 5) is 2.44. The molecule has 1 atom stereocenters. The Morgan fingerprint density at radius 3 is 2.71 bits per heavy atom. The third kappa shape index (κ3) is 3.38. The van der Waals surface area contributed by atoms with Gasteiger partial charge in [-0.25, -0.2) is 0 Å². The molecule has 1 saturated heterocycles. The van der Waals surface area contributed by atoms with E-state index in [0.29, 0.717) is 6.54 Å². The van der Waals surface area contributed by atoms with Crippen LogP contribution in [0.3, 0.4) is 0 Å². The van der Waals surface area contributed by atoms with E-state index < -0.39 is 0 Å². The average molecular weight is 336 g/mol. The van der Waals surface area contributed by atoms with Gasteiger partial charge in [-0.05, 0) is 17.7 Å². The van der Waals surface area contributed by atoms with E-state index in [-0.39, 0.29) is 6.04 Å². The Morgan fingerprint density at radius 2 is 2.12 bits per heavy atom. The van der Waals surface area contributed by atoms with Gasteiger partial charge >= 0.3 is 0 Å². The van der Waals surface area contributed by atoms with Crippen molar-refractivity contribution in [3.05, 3.63) is 33.3 Å². The molecule has 0 aliphatic carbocycles. The molecule has 17 heavy (non-hydrogen) atoms. The number of hydrogen-bond donors (Lipinski definition) is 1. The van der Waals surface area contributed by atoms with Gasteiger partial charge in [0.2, 0.25) is 0 Å². The molecule has 2 nitrogen and oxygen atoms in total. The molecule has 0 aromatic heterocycles. The smallest absolute Gasteiger partial charge is 0.0485 e. The first-order chi connectivity index (χ1) is 8.22. The number of thioether (sulfide) groups is 1. The van der Waals surface area contributed by atoms with Crippen LogP contribution in [0.2, 0.25) is 5.02 Å². The van der Waals surface area contributed by atoms with Crippen molar-refractivity contribution >= 4 is 39.3 Å². The summed E-state index contributed by atoms with van der Waals surface area (Å²) < 4.78 is 1.01. The van der Waals surface area contributed by atoms with Crippen molar-refractivity contribution in [2.24, 2.45) is 5.73 Å². The zero-order chi connectivity index (χ0) is 12.3. The molecule has 0 saturated carbocycles. The molecule has 1 aliphatic rings. The lowest BCUT2D eigenvalue weighted by Gasteiger charge is -2.34. The van der Waals surface area contributed by atoms with Crippen LogP contribution in [0.5, 0.6) is 0 Å². The summed E-state index contributed by atoms with van der Waals surface area (Å²) in [5.41, 5.74) is 7.07. The molecular weight excluding hydrogens is 320 g/mol. The summed E-state index contributed by atoms with van der Waals surface area (Å²) in [6.07, 6.45) is 0. The fraction of sp³-hybridized carbons (Fsp3) is 0.500. The molecule has 94 valence electrons. The van der Waals surface area contributed by atoms with E-state index in [1.54, 1.807) is 0 Å². The highest BCUT2D eigenvalue weighted by Gasteiger charge is 2.22. The van der Waals surface area contributed by atoms with Crippen molar-refractivity contribution in [3.63, 3.8) is 0 Å². The zero-order valence-corrected chi connectivity index (χ0v) is 12.7. The van der Waals surface area contributed by atoms with E-state index in [4.69, 9.17) is 17.3 Å². The van der Waals surface area contributed by atoms with Gasteiger partial charge in [-0.1, -0.05) is 33.6 Å². The summed E-state index contributed by atoms with van der Waals surface area (Å²) in [5, 5.41) is 0.799. The Bertz CT molecular complexity index is 383. The summed E-state index contributed by atoms with van der Waals surface area (Å²) in [7, 11) is 0. The molecular formula is C12H16BrClN2S. The first-order valence-electron chi connectivity index (χ1n) is 5.69. The maximum Gasteiger partial charge on any atom is 0.0485 e. The average Bonchev–Trinajstić information content (AvgIpc) is 2.34. The largest absolute Gasteiger partial charge is 0.329 e. The summed E-state index contributed by atoms with van der Waals surface area (Å²) in [5.74, 6) is 2.37. The number of benzene rings is 1. The lowest BCUT2D eigenvalue weighted by Crippen LogP contribution is -2.39. The molecule has 1 aromatic rings. The summed E-state index contributed by atoms with van der Waals surface area (Å²) in [6, 6.07) is 6.29. The summed E-state index contributed by atoms with van der Waals surface area (Å²) in [6.45, 7) is 2.81. The van der Waals surface area contributed by atoms with Gasteiger partial charge in [0.1, 0.15) is 0 Å². The molecule has 5 heteroatoms. The predicted molar refractivity (Wildman–Crippen MR) is 79.8 cm³/mol. The van der Waals surface area contributed by atoms with Gasteiger partial charge in [-0.3, -0.25) is 4.90 Å². The first-order valence-corrected chi connectivity index (χ1v) is 8.01. The highest BCUT2D eigenvalue weighted by Crippen LogP contribution is 2.30. The highest BCUT2D eigenvalue weighted by atomic mass is 79.9. The molecule has 2 rings (SSSR count). The standard InChI is InChI=1S/C12H16BrClN2S/c13-9-1-2-10(11(14)7-9)12(8-15)16-3-5-17-6-4-16/h1-2,7,12H,3-6,8,15H2.